The SMILES string of the molecule is O=C1C(=Cc2ccc(F)cc2)SC(=S)N1CC(=O)N1CCCCC1CCO. The van der Waals surface area contributed by atoms with Crippen LogP contribution in [-0.4, -0.2) is 56.8 Å². The molecule has 0 spiro atoms. The van der Waals surface area contributed by atoms with Crippen LogP contribution in [0.1, 0.15) is 31.2 Å². The molecular formula is C19H21FN2O3S2. The Morgan fingerprint density at radius 3 is 2.78 bits per heavy atom. The Kier molecular flexibility index (Phi) is 6.62. The summed E-state index contributed by atoms with van der Waals surface area (Å²) in [4.78, 5) is 28.9. The highest BCUT2D eigenvalue weighted by Crippen LogP contribution is 2.33. The standard InChI is InChI=1S/C19H21FN2O3S2/c20-14-6-4-13(5-7-14)11-16-18(25)22(19(26)27-16)12-17(24)21-9-2-1-3-15(21)8-10-23/h4-7,11,15,23H,1-3,8-10,12H2. The highest BCUT2D eigenvalue weighted by molar-refractivity contribution is 8.26. The Morgan fingerprint density at radius 1 is 1.33 bits per heavy atom. The largest absolute Gasteiger partial charge is 0.396 e. The predicted molar refractivity (Wildman–Crippen MR) is 107 cm³/mol. The summed E-state index contributed by atoms with van der Waals surface area (Å²) in [6.45, 7) is 0.590. The van der Waals surface area contributed by atoms with E-state index in [4.69, 9.17) is 12.2 Å². The van der Waals surface area contributed by atoms with E-state index < -0.39 is 0 Å². The smallest absolute Gasteiger partial charge is 0.266 e. The Hall–Kier alpha value is -1.77. The second-order valence-electron chi connectivity index (χ2n) is 6.57. The van der Waals surface area contributed by atoms with E-state index in [0.29, 0.717) is 27.8 Å². The van der Waals surface area contributed by atoms with Crippen LogP contribution in [-0.2, 0) is 9.59 Å². The minimum absolute atomic E-state index is 0.0180. The number of hydrogen-bond acceptors (Lipinski definition) is 5. The molecule has 2 saturated heterocycles. The number of rotatable bonds is 5. The molecule has 0 aromatic heterocycles. The molecule has 0 bridgehead atoms. The van der Waals surface area contributed by atoms with Crippen LogP contribution in [0, 0.1) is 5.82 Å². The summed E-state index contributed by atoms with van der Waals surface area (Å²) in [7, 11) is 0. The van der Waals surface area contributed by atoms with E-state index in [1.165, 1.54) is 17.0 Å². The third-order valence-electron chi connectivity index (χ3n) is 4.74. The van der Waals surface area contributed by atoms with Gasteiger partial charge in [0.2, 0.25) is 5.91 Å². The Morgan fingerprint density at radius 2 is 2.07 bits per heavy atom. The van der Waals surface area contributed by atoms with Crippen LogP contribution in [0.4, 0.5) is 4.39 Å². The van der Waals surface area contributed by atoms with Gasteiger partial charge in [0.25, 0.3) is 5.91 Å². The first-order valence-electron chi connectivity index (χ1n) is 8.91. The Balaban J connectivity index is 1.69. The van der Waals surface area contributed by atoms with E-state index in [2.05, 4.69) is 0 Å². The third kappa shape index (κ3) is 4.75. The van der Waals surface area contributed by atoms with E-state index in [9.17, 15) is 19.1 Å². The number of halogens is 1. The van der Waals surface area contributed by atoms with Crippen LogP contribution in [0.5, 0.6) is 0 Å². The number of amides is 2. The minimum Gasteiger partial charge on any atom is -0.396 e. The normalized spacial score (nSPS) is 22.0. The second kappa shape index (κ2) is 8.95. The first kappa shape index (κ1) is 20.0. The van der Waals surface area contributed by atoms with Crippen LogP contribution in [0.15, 0.2) is 29.2 Å². The molecule has 144 valence electrons. The molecule has 2 heterocycles. The molecule has 2 amide bonds. The summed E-state index contributed by atoms with van der Waals surface area (Å²) in [6.07, 6.45) is 5.04. The lowest BCUT2D eigenvalue weighted by Gasteiger charge is -2.36. The maximum Gasteiger partial charge on any atom is 0.266 e. The molecule has 27 heavy (non-hydrogen) atoms. The van der Waals surface area contributed by atoms with Gasteiger partial charge in [-0.05, 0) is 49.5 Å². The Bertz CT molecular complexity index is 765. The van der Waals surface area contributed by atoms with Crippen molar-refractivity contribution < 1.29 is 19.1 Å². The topological polar surface area (TPSA) is 60.9 Å². The fraction of sp³-hybridized carbons (Fsp3) is 0.421. The lowest BCUT2D eigenvalue weighted by atomic mass is 9.99. The van der Waals surface area contributed by atoms with Crippen molar-refractivity contribution in [2.45, 2.75) is 31.7 Å². The van der Waals surface area contributed by atoms with Crippen LogP contribution in [0.25, 0.3) is 6.08 Å². The van der Waals surface area contributed by atoms with Gasteiger partial charge in [-0.2, -0.15) is 0 Å². The van der Waals surface area contributed by atoms with E-state index in [-0.39, 0.29) is 36.8 Å². The average Bonchev–Trinajstić information content (AvgIpc) is 2.91. The van der Waals surface area contributed by atoms with E-state index in [1.54, 1.807) is 23.1 Å². The van der Waals surface area contributed by atoms with Gasteiger partial charge in [0.15, 0.2) is 0 Å². The lowest BCUT2D eigenvalue weighted by Crippen LogP contribution is -2.49. The fourth-order valence-corrected chi connectivity index (χ4v) is 4.61. The van der Waals surface area contributed by atoms with Crippen LogP contribution < -0.4 is 0 Å². The first-order valence-corrected chi connectivity index (χ1v) is 10.1. The number of aliphatic hydroxyl groups is 1. The summed E-state index contributed by atoms with van der Waals surface area (Å²) in [5.41, 5.74) is 0.697. The van der Waals surface area contributed by atoms with Gasteiger partial charge < -0.3 is 10.0 Å². The number of thiocarbonyl (C=S) groups is 1. The van der Waals surface area contributed by atoms with Crippen molar-refractivity contribution in [1.29, 1.82) is 0 Å². The van der Waals surface area contributed by atoms with E-state index in [0.717, 1.165) is 31.0 Å². The number of piperidine rings is 1. The lowest BCUT2D eigenvalue weighted by molar-refractivity contribution is -0.138. The predicted octanol–water partition coefficient (Wildman–Crippen LogP) is 2.79. The summed E-state index contributed by atoms with van der Waals surface area (Å²) < 4.78 is 13.4. The maximum atomic E-state index is 13.0. The van der Waals surface area contributed by atoms with Crippen molar-refractivity contribution in [2.24, 2.45) is 0 Å². The second-order valence-corrected chi connectivity index (χ2v) is 8.24. The third-order valence-corrected chi connectivity index (χ3v) is 6.12. The molecule has 1 unspecified atom stereocenters. The molecule has 8 heteroatoms. The number of aliphatic hydroxyl groups excluding tert-OH is 1. The van der Waals surface area contributed by atoms with Crippen molar-refractivity contribution in [1.82, 2.24) is 9.80 Å². The fourth-order valence-electron chi connectivity index (χ4n) is 3.35. The van der Waals surface area contributed by atoms with Gasteiger partial charge in [0.05, 0.1) is 4.91 Å². The van der Waals surface area contributed by atoms with Crippen LogP contribution >= 0.6 is 24.0 Å². The van der Waals surface area contributed by atoms with Crippen LogP contribution in [0.3, 0.4) is 0 Å². The van der Waals surface area contributed by atoms with E-state index >= 15 is 0 Å². The van der Waals surface area contributed by atoms with Gasteiger partial charge in [-0.25, -0.2) is 4.39 Å². The number of nitrogens with zero attached hydrogens (tertiary/aromatic N) is 2. The summed E-state index contributed by atoms with van der Waals surface area (Å²) in [6, 6.07) is 5.84. The van der Waals surface area contributed by atoms with Crippen molar-refractivity contribution in [3.63, 3.8) is 0 Å². The number of carbonyl (C=O) groups excluding carboxylic acids is 2. The first-order chi connectivity index (χ1) is 13.0. The van der Waals surface area contributed by atoms with Crippen molar-refractivity contribution >= 4 is 46.2 Å². The molecule has 1 aromatic carbocycles. The highest BCUT2D eigenvalue weighted by Gasteiger charge is 2.36. The molecule has 5 nitrogen and oxygen atoms in total. The molecular weight excluding hydrogens is 387 g/mol. The molecule has 2 aliphatic rings. The quantitative estimate of drug-likeness (QED) is 0.600. The Labute approximate surface area is 167 Å². The zero-order valence-electron chi connectivity index (χ0n) is 14.8. The molecule has 1 N–H and O–H groups in total. The molecule has 3 rings (SSSR count). The number of benzene rings is 1. The molecule has 1 atom stereocenters. The summed E-state index contributed by atoms with van der Waals surface area (Å²) >= 11 is 6.43. The van der Waals surface area contributed by atoms with Gasteiger partial charge in [-0.15, -0.1) is 0 Å². The minimum atomic E-state index is -0.343. The zero-order chi connectivity index (χ0) is 19.4. The molecule has 0 saturated carbocycles. The van der Waals surface area contributed by atoms with Gasteiger partial charge in [-0.1, -0.05) is 36.1 Å². The van der Waals surface area contributed by atoms with Crippen molar-refractivity contribution in [3.8, 4) is 0 Å². The maximum absolute atomic E-state index is 13.0. The molecule has 0 aliphatic carbocycles. The molecule has 2 aliphatic heterocycles. The molecule has 1 aromatic rings. The average molecular weight is 409 g/mol. The van der Waals surface area contributed by atoms with Crippen molar-refractivity contribution in [2.75, 3.05) is 19.7 Å². The summed E-state index contributed by atoms with van der Waals surface area (Å²) in [5, 5.41) is 9.22. The number of carbonyl (C=O) groups is 2. The summed E-state index contributed by atoms with van der Waals surface area (Å²) in [5.74, 6) is -0.796. The zero-order valence-corrected chi connectivity index (χ0v) is 16.4. The molecule has 2 fully saturated rings. The number of hydrogen-bond donors (Lipinski definition) is 1. The number of thioether (sulfide) groups is 1. The van der Waals surface area contributed by atoms with Gasteiger partial charge >= 0.3 is 0 Å². The van der Waals surface area contributed by atoms with Gasteiger partial charge in [-0.3, -0.25) is 14.5 Å². The molecule has 0 radical (unpaired) electrons. The van der Waals surface area contributed by atoms with Gasteiger partial charge in [0, 0.05) is 19.2 Å². The highest BCUT2D eigenvalue weighted by atomic mass is 32.2. The van der Waals surface area contributed by atoms with Gasteiger partial charge in [0.1, 0.15) is 16.7 Å². The number of likely N-dealkylation sites (tertiary alicyclic amines) is 1. The van der Waals surface area contributed by atoms with Crippen molar-refractivity contribution in [3.05, 3.63) is 40.6 Å². The van der Waals surface area contributed by atoms with Crippen LogP contribution in [0.2, 0.25) is 0 Å². The van der Waals surface area contributed by atoms with E-state index in [1.807, 2.05) is 0 Å². The monoisotopic (exact) mass is 408 g/mol.